The van der Waals surface area contributed by atoms with E-state index in [4.69, 9.17) is 14.2 Å². The summed E-state index contributed by atoms with van der Waals surface area (Å²) in [6.45, 7) is 6.42. The summed E-state index contributed by atoms with van der Waals surface area (Å²) in [7, 11) is 0. The second-order valence-corrected chi connectivity index (χ2v) is 19.9. The van der Waals surface area contributed by atoms with Crippen molar-refractivity contribution < 1.29 is 28.6 Å². The molecule has 0 aliphatic carbocycles. The molecule has 1 atom stereocenters. The summed E-state index contributed by atoms with van der Waals surface area (Å²) in [5.41, 5.74) is 0. The zero-order valence-corrected chi connectivity index (χ0v) is 47.6. The number of hydrogen-bond donors (Lipinski definition) is 0. The Bertz CT molecular complexity index is 1490. The number of carbonyl (C=O) groups excluding carboxylic acids is 3. The van der Waals surface area contributed by atoms with Crippen LogP contribution in [0.5, 0.6) is 0 Å². The van der Waals surface area contributed by atoms with Crippen LogP contribution in [0.1, 0.15) is 278 Å². The minimum Gasteiger partial charge on any atom is -0.462 e. The van der Waals surface area contributed by atoms with Gasteiger partial charge >= 0.3 is 17.9 Å². The van der Waals surface area contributed by atoms with Crippen molar-refractivity contribution in [3.8, 4) is 0 Å². The van der Waals surface area contributed by atoms with Crippen LogP contribution in [0.3, 0.4) is 0 Å². The molecule has 0 unspecified atom stereocenters. The summed E-state index contributed by atoms with van der Waals surface area (Å²) in [5, 5.41) is 0. The second-order valence-electron chi connectivity index (χ2n) is 19.9. The maximum atomic E-state index is 12.9. The Morgan fingerprint density at radius 3 is 0.890 bits per heavy atom. The first-order valence-corrected chi connectivity index (χ1v) is 30.4. The first-order chi connectivity index (χ1) is 36.0. The third-order valence-electron chi connectivity index (χ3n) is 12.8. The summed E-state index contributed by atoms with van der Waals surface area (Å²) in [5.74, 6) is -1.03. The van der Waals surface area contributed by atoms with E-state index in [2.05, 4.69) is 130 Å². The molecule has 0 saturated carbocycles. The number of allylic oxidation sites excluding steroid dienone is 18. The van der Waals surface area contributed by atoms with E-state index in [9.17, 15) is 14.4 Å². The number of esters is 3. The van der Waals surface area contributed by atoms with E-state index < -0.39 is 6.10 Å². The van der Waals surface area contributed by atoms with Gasteiger partial charge in [0.1, 0.15) is 13.2 Å². The van der Waals surface area contributed by atoms with Crippen LogP contribution in [0.4, 0.5) is 0 Å². The molecule has 6 nitrogen and oxygen atoms in total. The number of rotatable bonds is 54. The fourth-order valence-electron chi connectivity index (χ4n) is 8.24. The molecule has 0 heterocycles. The maximum Gasteiger partial charge on any atom is 0.306 e. The molecule has 0 fully saturated rings. The van der Waals surface area contributed by atoms with Crippen LogP contribution in [-0.2, 0) is 28.6 Å². The largest absolute Gasteiger partial charge is 0.462 e. The van der Waals surface area contributed by atoms with Gasteiger partial charge in [0.15, 0.2) is 6.10 Å². The Morgan fingerprint density at radius 1 is 0.288 bits per heavy atom. The zero-order chi connectivity index (χ0) is 52.9. The lowest BCUT2D eigenvalue weighted by atomic mass is 10.0. The lowest BCUT2D eigenvalue weighted by molar-refractivity contribution is -0.167. The molecule has 0 bridgehead atoms. The molecule has 0 aromatic rings. The standard InChI is InChI=1S/C67H112O6/c1-4-7-10-13-16-19-22-25-28-31-32-33-34-37-39-42-45-48-51-54-57-60-66(69)72-63-64(73-67(70)61-58-55-52-49-46-43-40-36-30-27-24-21-18-15-12-9-6-3)62-71-65(68)59-56-53-50-47-44-41-38-35-29-26-23-20-17-14-11-8-5-2/h8,11,17-18,20-21,26-27,29-30,38,40-41,43,47,49-50,52,64H,4-7,9-10,12-16,19,22-25,28,31-37,39,42,44-46,48,51,53-63H2,1-3H3/b11-8-,20-17-,21-18-,29-26-,30-27-,41-38-,43-40-,50-47-,52-49-/t64-/m1/s1. The van der Waals surface area contributed by atoms with Crippen molar-refractivity contribution in [1.29, 1.82) is 0 Å². The molecular weight excluding hydrogens is 901 g/mol. The summed E-state index contributed by atoms with van der Waals surface area (Å²) in [6, 6.07) is 0. The summed E-state index contributed by atoms with van der Waals surface area (Å²) < 4.78 is 16.8. The van der Waals surface area contributed by atoms with Gasteiger partial charge in [-0.25, -0.2) is 0 Å². The number of carbonyl (C=O) groups is 3. The van der Waals surface area contributed by atoms with Crippen LogP contribution in [0, 0.1) is 0 Å². The van der Waals surface area contributed by atoms with Crippen LogP contribution in [-0.4, -0.2) is 37.2 Å². The number of hydrogen-bond acceptors (Lipinski definition) is 6. The van der Waals surface area contributed by atoms with Crippen molar-refractivity contribution in [1.82, 2.24) is 0 Å². The van der Waals surface area contributed by atoms with Gasteiger partial charge in [0, 0.05) is 19.3 Å². The van der Waals surface area contributed by atoms with Gasteiger partial charge < -0.3 is 14.2 Å². The highest BCUT2D eigenvalue weighted by molar-refractivity contribution is 5.71. The topological polar surface area (TPSA) is 78.9 Å². The van der Waals surface area contributed by atoms with Crippen molar-refractivity contribution in [2.75, 3.05) is 13.2 Å². The summed E-state index contributed by atoms with van der Waals surface area (Å²) >= 11 is 0. The van der Waals surface area contributed by atoms with E-state index in [1.165, 1.54) is 141 Å². The molecular formula is C67H112O6. The lowest BCUT2D eigenvalue weighted by Crippen LogP contribution is -2.30. The highest BCUT2D eigenvalue weighted by Gasteiger charge is 2.19. The first-order valence-electron chi connectivity index (χ1n) is 30.4. The van der Waals surface area contributed by atoms with Gasteiger partial charge in [-0.15, -0.1) is 0 Å². The molecule has 0 aromatic carbocycles. The van der Waals surface area contributed by atoms with Gasteiger partial charge in [-0.05, 0) is 96.3 Å². The van der Waals surface area contributed by atoms with Crippen molar-refractivity contribution in [3.63, 3.8) is 0 Å². The highest BCUT2D eigenvalue weighted by atomic mass is 16.6. The molecule has 0 rings (SSSR count). The van der Waals surface area contributed by atoms with Crippen molar-refractivity contribution in [2.45, 2.75) is 284 Å². The Balaban J connectivity index is 4.50. The molecule has 0 spiro atoms. The fraction of sp³-hybridized carbons (Fsp3) is 0.687. The molecule has 0 aromatic heterocycles. The van der Waals surface area contributed by atoms with Gasteiger partial charge in [0.05, 0.1) is 0 Å². The van der Waals surface area contributed by atoms with E-state index >= 15 is 0 Å². The van der Waals surface area contributed by atoms with Crippen LogP contribution >= 0.6 is 0 Å². The van der Waals surface area contributed by atoms with Crippen LogP contribution in [0.15, 0.2) is 109 Å². The van der Waals surface area contributed by atoms with Gasteiger partial charge in [0.25, 0.3) is 0 Å². The van der Waals surface area contributed by atoms with Gasteiger partial charge in [-0.2, -0.15) is 0 Å². The van der Waals surface area contributed by atoms with Crippen LogP contribution in [0.25, 0.3) is 0 Å². The third-order valence-corrected chi connectivity index (χ3v) is 12.8. The van der Waals surface area contributed by atoms with E-state index in [1.54, 1.807) is 0 Å². The normalized spacial score (nSPS) is 12.9. The Kier molecular flexibility index (Phi) is 57.4. The number of ether oxygens (including phenoxy) is 3. The molecule has 6 heteroatoms. The minimum atomic E-state index is -0.831. The van der Waals surface area contributed by atoms with E-state index in [-0.39, 0.29) is 44.0 Å². The smallest absolute Gasteiger partial charge is 0.306 e. The van der Waals surface area contributed by atoms with Crippen LogP contribution < -0.4 is 0 Å². The average molecular weight is 1010 g/mol. The van der Waals surface area contributed by atoms with Crippen molar-refractivity contribution in [2.24, 2.45) is 0 Å². The molecule has 0 radical (unpaired) electrons. The van der Waals surface area contributed by atoms with E-state index in [0.717, 1.165) is 83.5 Å². The number of unbranched alkanes of at least 4 members (excludes halogenated alkanes) is 25. The SMILES string of the molecule is CC/C=C\C/C=C\C/C=C\C/C=C\C/C=C\CCCC(=O)OC[C@H](COC(=O)CCCCCCCCCCCCCCCCCCCCCCC)OC(=O)CCC/C=C\C/C=C\C/C=C\C/C=C\CCCCC. The lowest BCUT2D eigenvalue weighted by Gasteiger charge is -2.18. The fourth-order valence-corrected chi connectivity index (χ4v) is 8.24. The Hall–Kier alpha value is -3.93. The van der Waals surface area contributed by atoms with Gasteiger partial charge in [0.2, 0.25) is 0 Å². The second kappa shape index (κ2) is 60.6. The monoisotopic (exact) mass is 1010 g/mol. The average Bonchev–Trinajstić information content (AvgIpc) is 3.39. The van der Waals surface area contributed by atoms with Gasteiger partial charge in [-0.1, -0.05) is 271 Å². The summed E-state index contributed by atoms with van der Waals surface area (Å²) in [4.78, 5) is 38.2. The quantitative estimate of drug-likeness (QED) is 0.0261. The van der Waals surface area contributed by atoms with Gasteiger partial charge in [-0.3, -0.25) is 14.4 Å². The molecule has 0 aliphatic rings. The maximum absolute atomic E-state index is 12.9. The summed E-state index contributed by atoms with van der Waals surface area (Å²) in [6.07, 6.45) is 82.4. The van der Waals surface area contributed by atoms with E-state index in [1.807, 2.05) is 0 Å². The van der Waals surface area contributed by atoms with Crippen LogP contribution in [0.2, 0.25) is 0 Å². The Labute approximate surface area is 450 Å². The first kappa shape index (κ1) is 69.1. The highest BCUT2D eigenvalue weighted by Crippen LogP contribution is 2.16. The molecule has 73 heavy (non-hydrogen) atoms. The Morgan fingerprint density at radius 2 is 0.548 bits per heavy atom. The predicted octanol–water partition coefficient (Wildman–Crippen LogP) is 20.7. The zero-order valence-electron chi connectivity index (χ0n) is 47.6. The molecule has 0 N–H and O–H groups in total. The molecule has 0 aliphatic heterocycles. The molecule has 0 amide bonds. The molecule has 416 valence electrons. The van der Waals surface area contributed by atoms with E-state index in [0.29, 0.717) is 19.3 Å². The molecule has 0 saturated heterocycles. The van der Waals surface area contributed by atoms with Crippen molar-refractivity contribution in [3.05, 3.63) is 109 Å². The predicted molar refractivity (Wildman–Crippen MR) is 316 cm³/mol. The third kappa shape index (κ3) is 58.8. The van der Waals surface area contributed by atoms with Crippen molar-refractivity contribution >= 4 is 17.9 Å². The minimum absolute atomic E-state index is 0.117.